The zero-order chi connectivity index (χ0) is 13.8. The molecule has 2 heterocycles. The molecule has 0 spiro atoms. The van der Waals surface area contributed by atoms with Gasteiger partial charge in [0.05, 0.1) is 11.5 Å². The van der Waals surface area contributed by atoms with Gasteiger partial charge in [0.1, 0.15) is 11.6 Å². The van der Waals surface area contributed by atoms with E-state index in [9.17, 15) is 4.79 Å². The molecule has 3 rings (SSSR count). The van der Waals surface area contributed by atoms with Gasteiger partial charge in [-0.2, -0.15) is 5.10 Å². The molecule has 2 aromatic heterocycles. The monoisotopic (exact) mass is 289 g/mol. The lowest BCUT2D eigenvalue weighted by molar-refractivity contribution is -0.113. The molecule has 1 fully saturated rings. The Morgan fingerprint density at radius 2 is 2.35 bits per heavy atom. The van der Waals surface area contributed by atoms with Crippen LogP contribution in [0.1, 0.15) is 30.4 Å². The number of amides is 1. The van der Waals surface area contributed by atoms with Crippen molar-refractivity contribution in [2.24, 2.45) is 0 Å². The number of nitrogens with zero attached hydrogens (tertiary/aromatic N) is 3. The SMILES string of the molecule is O=C(CSCc1nc(C2CC2)n[nH]1)Nc1ccccn1. The van der Waals surface area contributed by atoms with Gasteiger partial charge in [-0.15, -0.1) is 11.8 Å². The largest absolute Gasteiger partial charge is 0.310 e. The minimum Gasteiger partial charge on any atom is -0.310 e. The third kappa shape index (κ3) is 3.57. The summed E-state index contributed by atoms with van der Waals surface area (Å²) in [5, 5.41) is 9.85. The van der Waals surface area contributed by atoms with Crippen molar-refractivity contribution in [3.05, 3.63) is 36.0 Å². The maximum absolute atomic E-state index is 11.7. The molecular weight excluding hydrogens is 274 g/mol. The second-order valence-electron chi connectivity index (χ2n) is 4.67. The molecule has 0 saturated heterocycles. The lowest BCUT2D eigenvalue weighted by Crippen LogP contribution is -2.15. The molecule has 1 aliphatic rings. The highest BCUT2D eigenvalue weighted by molar-refractivity contribution is 7.99. The van der Waals surface area contributed by atoms with E-state index in [0.717, 1.165) is 11.6 Å². The van der Waals surface area contributed by atoms with Gasteiger partial charge in [-0.1, -0.05) is 6.07 Å². The Hall–Kier alpha value is -1.89. The number of nitrogens with one attached hydrogen (secondary N) is 2. The summed E-state index contributed by atoms with van der Waals surface area (Å²) in [5.74, 6) is 3.86. The van der Waals surface area contributed by atoms with Crippen molar-refractivity contribution >= 4 is 23.5 Å². The molecule has 6 nitrogen and oxygen atoms in total. The molecule has 1 aliphatic carbocycles. The summed E-state index contributed by atoms with van der Waals surface area (Å²) in [4.78, 5) is 20.2. The molecule has 2 aromatic rings. The molecule has 0 aliphatic heterocycles. The third-order valence-electron chi connectivity index (χ3n) is 2.90. The molecule has 0 bridgehead atoms. The van der Waals surface area contributed by atoms with Crippen LogP contribution in [-0.2, 0) is 10.5 Å². The molecule has 0 unspecified atom stereocenters. The zero-order valence-electron chi connectivity index (χ0n) is 10.9. The average molecular weight is 289 g/mol. The number of aromatic amines is 1. The first-order valence-corrected chi connectivity index (χ1v) is 7.66. The zero-order valence-corrected chi connectivity index (χ0v) is 11.7. The molecule has 104 valence electrons. The standard InChI is InChI=1S/C13H15N5OS/c19-12(15-10-3-1-2-6-14-10)8-20-7-11-16-13(18-17-11)9-4-5-9/h1-3,6,9H,4-5,7-8H2,(H,14,15,19)(H,16,17,18). The predicted molar refractivity (Wildman–Crippen MR) is 77.4 cm³/mol. The average Bonchev–Trinajstić information content (AvgIpc) is 3.20. The minimum absolute atomic E-state index is 0.0596. The summed E-state index contributed by atoms with van der Waals surface area (Å²) in [7, 11) is 0. The van der Waals surface area contributed by atoms with Crippen LogP contribution in [0.25, 0.3) is 0 Å². The van der Waals surface area contributed by atoms with Gasteiger partial charge in [0.15, 0.2) is 5.82 Å². The van der Waals surface area contributed by atoms with E-state index in [-0.39, 0.29) is 5.91 Å². The fourth-order valence-electron chi connectivity index (χ4n) is 1.75. The molecule has 20 heavy (non-hydrogen) atoms. The van der Waals surface area contributed by atoms with E-state index in [1.807, 2.05) is 12.1 Å². The highest BCUT2D eigenvalue weighted by Crippen LogP contribution is 2.37. The van der Waals surface area contributed by atoms with E-state index in [2.05, 4.69) is 25.5 Å². The van der Waals surface area contributed by atoms with Crippen LogP contribution in [-0.4, -0.2) is 31.8 Å². The van der Waals surface area contributed by atoms with Gasteiger partial charge < -0.3 is 5.32 Å². The van der Waals surface area contributed by atoms with Crippen LogP contribution in [0.2, 0.25) is 0 Å². The molecule has 0 radical (unpaired) electrons. The van der Waals surface area contributed by atoms with E-state index in [1.54, 1.807) is 12.3 Å². The van der Waals surface area contributed by atoms with Gasteiger partial charge in [-0.25, -0.2) is 9.97 Å². The Morgan fingerprint density at radius 3 is 3.10 bits per heavy atom. The first-order valence-electron chi connectivity index (χ1n) is 6.51. The number of hydrogen-bond acceptors (Lipinski definition) is 5. The van der Waals surface area contributed by atoms with E-state index < -0.39 is 0 Å². The van der Waals surface area contributed by atoms with Crippen molar-refractivity contribution in [3.8, 4) is 0 Å². The maximum atomic E-state index is 11.7. The highest BCUT2D eigenvalue weighted by atomic mass is 32.2. The fourth-order valence-corrected chi connectivity index (χ4v) is 2.44. The minimum atomic E-state index is -0.0596. The van der Waals surface area contributed by atoms with Gasteiger partial charge in [0.2, 0.25) is 5.91 Å². The van der Waals surface area contributed by atoms with Crippen LogP contribution >= 0.6 is 11.8 Å². The van der Waals surface area contributed by atoms with Crippen molar-refractivity contribution in [2.75, 3.05) is 11.1 Å². The van der Waals surface area contributed by atoms with Gasteiger partial charge in [-0.05, 0) is 25.0 Å². The Kier molecular flexibility index (Phi) is 3.96. The summed E-state index contributed by atoms with van der Waals surface area (Å²) in [6, 6.07) is 5.41. The predicted octanol–water partition coefficient (Wildman–Crippen LogP) is 1.95. The van der Waals surface area contributed by atoms with Gasteiger partial charge >= 0.3 is 0 Å². The summed E-state index contributed by atoms with van der Waals surface area (Å²) in [6.45, 7) is 0. The van der Waals surface area contributed by atoms with E-state index in [0.29, 0.717) is 23.2 Å². The van der Waals surface area contributed by atoms with Crippen molar-refractivity contribution in [1.29, 1.82) is 0 Å². The van der Waals surface area contributed by atoms with E-state index >= 15 is 0 Å². The van der Waals surface area contributed by atoms with Crippen molar-refractivity contribution < 1.29 is 4.79 Å². The van der Waals surface area contributed by atoms with E-state index in [1.165, 1.54) is 24.6 Å². The molecule has 1 amide bonds. The highest BCUT2D eigenvalue weighted by Gasteiger charge is 2.27. The van der Waals surface area contributed by atoms with E-state index in [4.69, 9.17) is 0 Å². The normalized spacial score (nSPS) is 14.2. The maximum Gasteiger partial charge on any atom is 0.235 e. The quantitative estimate of drug-likeness (QED) is 0.849. The number of carbonyl (C=O) groups is 1. The second kappa shape index (κ2) is 6.04. The van der Waals surface area contributed by atoms with Crippen LogP contribution in [0.4, 0.5) is 5.82 Å². The Bertz CT molecular complexity index is 581. The molecule has 0 aromatic carbocycles. The number of pyridine rings is 1. The summed E-state index contributed by atoms with van der Waals surface area (Å²) >= 11 is 1.51. The van der Waals surface area contributed by atoms with Crippen LogP contribution in [0.5, 0.6) is 0 Å². The number of hydrogen-bond donors (Lipinski definition) is 2. The van der Waals surface area contributed by atoms with Gasteiger partial charge in [0, 0.05) is 12.1 Å². The number of aromatic nitrogens is 4. The third-order valence-corrected chi connectivity index (χ3v) is 3.84. The van der Waals surface area contributed by atoms with Crippen LogP contribution < -0.4 is 5.32 Å². The molecule has 2 N–H and O–H groups in total. The van der Waals surface area contributed by atoms with Crippen LogP contribution in [0, 0.1) is 0 Å². The molecular formula is C13H15N5OS. The summed E-state index contributed by atoms with van der Waals surface area (Å²) in [6.07, 6.45) is 4.03. The Labute approximate surface area is 120 Å². The molecule has 7 heteroatoms. The summed E-state index contributed by atoms with van der Waals surface area (Å²) < 4.78 is 0. The molecule has 1 saturated carbocycles. The molecule has 0 atom stereocenters. The van der Waals surface area contributed by atoms with Crippen LogP contribution in [0.3, 0.4) is 0 Å². The topological polar surface area (TPSA) is 83.6 Å². The number of anilines is 1. The second-order valence-corrected chi connectivity index (χ2v) is 5.66. The number of rotatable bonds is 6. The first-order chi connectivity index (χ1) is 9.81. The lowest BCUT2D eigenvalue weighted by Gasteiger charge is -2.02. The summed E-state index contributed by atoms with van der Waals surface area (Å²) in [5.41, 5.74) is 0. The van der Waals surface area contributed by atoms with Gasteiger partial charge in [0.25, 0.3) is 0 Å². The van der Waals surface area contributed by atoms with Crippen LogP contribution in [0.15, 0.2) is 24.4 Å². The van der Waals surface area contributed by atoms with Crippen molar-refractivity contribution in [3.63, 3.8) is 0 Å². The van der Waals surface area contributed by atoms with Crippen molar-refractivity contribution in [1.82, 2.24) is 20.2 Å². The number of thioether (sulfide) groups is 1. The number of H-pyrrole nitrogens is 1. The first kappa shape index (κ1) is 13.1. The Morgan fingerprint density at radius 1 is 1.45 bits per heavy atom. The fraction of sp³-hybridized carbons (Fsp3) is 0.385. The lowest BCUT2D eigenvalue weighted by atomic mass is 10.4. The Balaban J connectivity index is 1.41. The smallest absolute Gasteiger partial charge is 0.235 e. The van der Waals surface area contributed by atoms with Crippen molar-refractivity contribution in [2.45, 2.75) is 24.5 Å². The van der Waals surface area contributed by atoms with Gasteiger partial charge in [-0.3, -0.25) is 9.89 Å². The number of carbonyl (C=O) groups excluding carboxylic acids is 1.